The summed E-state index contributed by atoms with van der Waals surface area (Å²) in [6, 6.07) is 9.53. The monoisotopic (exact) mass is 283 g/mol. The van der Waals surface area contributed by atoms with E-state index in [1.807, 2.05) is 34.5 Å². The zero-order valence-electron chi connectivity index (χ0n) is 11.2. The zero-order valence-corrected chi connectivity index (χ0v) is 12.0. The lowest BCUT2D eigenvalue weighted by molar-refractivity contribution is 0.748. The Hall–Kier alpha value is -2.39. The van der Waals surface area contributed by atoms with Gasteiger partial charge in [0, 0.05) is 7.05 Å². The van der Waals surface area contributed by atoms with Gasteiger partial charge < -0.3 is 4.98 Å². The predicted octanol–water partition coefficient (Wildman–Crippen LogP) is 2.86. The maximum atomic E-state index is 9.03. The average molecular weight is 283 g/mol. The molecule has 0 saturated carbocycles. The minimum atomic E-state index is 0.608. The van der Waals surface area contributed by atoms with E-state index in [4.69, 9.17) is 17.5 Å². The van der Waals surface area contributed by atoms with Crippen molar-refractivity contribution >= 4 is 23.4 Å². The highest BCUT2D eigenvalue weighted by atomic mass is 32.1. The molecule has 0 spiro atoms. The van der Waals surface area contributed by atoms with Crippen molar-refractivity contribution in [2.24, 2.45) is 7.05 Å². The second-order valence-electron chi connectivity index (χ2n) is 4.55. The van der Waals surface area contributed by atoms with Crippen LogP contribution in [-0.2, 0) is 13.5 Å². The van der Waals surface area contributed by atoms with Gasteiger partial charge in [0.05, 0.1) is 23.0 Å². The molecule has 0 bridgehead atoms. The number of nitrogens with zero attached hydrogens (tertiary/aromatic N) is 4. The minimum absolute atomic E-state index is 0.608. The Morgan fingerprint density at radius 1 is 1.45 bits per heavy atom. The topological polar surface area (TPSA) is 62.3 Å². The molecule has 0 amide bonds. The number of fused-ring (bicyclic) bond motifs is 1. The molecule has 0 fully saturated rings. The number of H-pyrrole nitrogens is 1. The first-order chi connectivity index (χ1) is 9.65. The molecule has 1 aromatic carbocycles. The maximum absolute atomic E-state index is 9.03. The van der Waals surface area contributed by atoms with Crippen molar-refractivity contribution in [3.8, 4) is 11.8 Å². The van der Waals surface area contributed by atoms with E-state index in [-0.39, 0.29) is 0 Å². The normalized spacial score (nSPS) is 10.8. The van der Waals surface area contributed by atoms with Gasteiger partial charge in [0.1, 0.15) is 5.52 Å². The summed E-state index contributed by atoms with van der Waals surface area (Å²) in [5.41, 5.74) is 4.34. The fraction of sp³-hybridized carbons (Fsp3) is 0.214. The Balaban J connectivity index is 2.36. The standard InChI is InChI=1S/C14H13N5S/c1-3-11-12-13(18(2)17-11)19(14(20)16-12)10-6-4-5-9(7-10)8-15/h4-7H,3H2,1-2H3,(H,16,20). The van der Waals surface area contributed by atoms with Crippen LogP contribution in [0.3, 0.4) is 0 Å². The maximum Gasteiger partial charge on any atom is 0.184 e. The Morgan fingerprint density at radius 3 is 2.95 bits per heavy atom. The molecule has 0 saturated heterocycles. The number of aromatic nitrogens is 4. The van der Waals surface area contributed by atoms with Gasteiger partial charge in [-0.3, -0.25) is 4.57 Å². The first-order valence-corrected chi connectivity index (χ1v) is 6.73. The molecule has 3 aromatic rings. The number of imidazole rings is 1. The van der Waals surface area contributed by atoms with Crippen LogP contribution in [0.5, 0.6) is 0 Å². The first kappa shape index (κ1) is 12.6. The Labute approximate surface area is 121 Å². The van der Waals surface area contributed by atoms with Crippen LogP contribution in [0.1, 0.15) is 18.2 Å². The molecule has 0 aliphatic carbocycles. The summed E-state index contributed by atoms with van der Waals surface area (Å²) < 4.78 is 4.34. The summed E-state index contributed by atoms with van der Waals surface area (Å²) in [5, 5.41) is 13.5. The van der Waals surface area contributed by atoms with Crippen molar-refractivity contribution in [2.45, 2.75) is 13.3 Å². The quantitative estimate of drug-likeness (QED) is 0.736. The van der Waals surface area contributed by atoms with Crippen LogP contribution >= 0.6 is 12.2 Å². The van der Waals surface area contributed by atoms with Gasteiger partial charge in [-0.05, 0) is 36.8 Å². The lowest BCUT2D eigenvalue weighted by Gasteiger charge is -2.05. The van der Waals surface area contributed by atoms with Crippen LogP contribution in [0.25, 0.3) is 16.9 Å². The highest BCUT2D eigenvalue weighted by Gasteiger charge is 2.15. The van der Waals surface area contributed by atoms with Gasteiger partial charge in [-0.15, -0.1) is 0 Å². The summed E-state index contributed by atoms with van der Waals surface area (Å²) >= 11 is 5.42. The minimum Gasteiger partial charge on any atom is -0.327 e. The van der Waals surface area contributed by atoms with Crippen molar-refractivity contribution in [1.29, 1.82) is 5.26 Å². The smallest absolute Gasteiger partial charge is 0.184 e. The van der Waals surface area contributed by atoms with E-state index in [2.05, 4.69) is 23.1 Å². The van der Waals surface area contributed by atoms with Crippen molar-refractivity contribution in [2.75, 3.05) is 0 Å². The number of nitriles is 1. The highest BCUT2D eigenvalue weighted by molar-refractivity contribution is 7.71. The SMILES string of the molecule is CCc1nn(C)c2c1[nH]c(=S)n2-c1cccc(C#N)c1. The summed E-state index contributed by atoms with van der Waals surface area (Å²) in [6.45, 7) is 2.06. The predicted molar refractivity (Wildman–Crippen MR) is 79.3 cm³/mol. The Morgan fingerprint density at radius 2 is 2.25 bits per heavy atom. The molecule has 2 aromatic heterocycles. The van der Waals surface area contributed by atoms with Crippen LogP contribution in [0.4, 0.5) is 0 Å². The van der Waals surface area contributed by atoms with Crippen molar-refractivity contribution in [3.63, 3.8) is 0 Å². The first-order valence-electron chi connectivity index (χ1n) is 6.33. The number of benzene rings is 1. The van der Waals surface area contributed by atoms with Gasteiger partial charge in [0.15, 0.2) is 10.4 Å². The van der Waals surface area contributed by atoms with Crippen molar-refractivity contribution < 1.29 is 0 Å². The molecule has 0 aliphatic rings. The average Bonchev–Trinajstić information content (AvgIpc) is 2.95. The van der Waals surface area contributed by atoms with Crippen molar-refractivity contribution in [3.05, 3.63) is 40.3 Å². The number of aromatic amines is 1. The highest BCUT2D eigenvalue weighted by Crippen LogP contribution is 2.22. The number of hydrogen-bond donors (Lipinski definition) is 1. The molecule has 6 heteroatoms. The van der Waals surface area contributed by atoms with E-state index in [0.717, 1.165) is 29.0 Å². The number of hydrogen-bond acceptors (Lipinski definition) is 3. The van der Waals surface area contributed by atoms with Gasteiger partial charge in [0.2, 0.25) is 0 Å². The van der Waals surface area contributed by atoms with Crippen LogP contribution in [-0.4, -0.2) is 19.3 Å². The third kappa shape index (κ3) is 1.75. The summed E-state index contributed by atoms with van der Waals surface area (Å²) in [5.74, 6) is 0. The van der Waals surface area contributed by atoms with E-state index in [9.17, 15) is 0 Å². The molecule has 1 N–H and O–H groups in total. The fourth-order valence-electron chi connectivity index (χ4n) is 2.41. The molecule has 0 aliphatic heterocycles. The fourth-order valence-corrected chi connectivity index (χ4v) is 2.71. The lowest BCUT2D eigenvalue weighted by atomic mass is 10.2. The summed E-state index contributed by atoms with van der Waals surface area (Å²) in [4.78, 5) is 3.21. The largest absolute Gasteiger partial charge is 0.327 e. The lowest BCUT2D eigenvalue weighted by Crippen LogP contribution is -2.01. The molecule has 0 atom stereocenters. The molecule has 5 nitrogen and oxygen atoms in total. The molecule has 0 unspecified atom stereocenters. The van der Waals surface area contributed by atoms with Crippen LogP contribution in [0, 0.1) is 16.1 Å². The molecular formula is C14H13N5S. The number of aryl methyl sites for hydroxylation is 2. The zero-order chi connectivity index (χ0) is 14.3. The summed E-state index contributed by atoms with van der Waals surface area (Å²) in [6.07, 6.45) is 0.838. The third-order valence-corrected chi connectivity index (χ3v) is 3.59. The third-order valence-electron chi connectivity index (χ3n) is 3.30. The summed E-state index contributed by atoms with van der Waals surface area (Å²) in [7, 11) is 1.90. The van der Waals surface area contributed by atoms with Gasteiger partial charge in [-0.1, -0.05) is 13.0 Å². The molecule has 2 heterocycles. The van der Waals surface area contributed by atoms with E-state index in [1.165, 1.54) is 0 Å². The van der Waals surface area contributed by atoms with E-state index < -0.39 is 0 Å². The van der Waals surface area contributed by atoms with E-state index >= 15 is 0 Å². The van der Waals surface area contributed by atoms with Crippen LogP contribution < -0.4 is 0 Å². The second-order valence-corrected chi connectivity index (χ2v) is 4.94. The Kier molecular flexibility index (Phi) is 2.92. The molecular weight excluding hydrogens is 270 g/mol. The molecule has 0 radical (unpaired) electrons. The van der Waals surface area contributed by atoms with Crippen molar-refractivity contribution in [1.82, 2.24) is 19.3 Å². The Bertz CT molecular complexity index is 891. The van der Waals surface area contributed by atoms with E-state index in [1.54, 1.807) is 6.07 Å². The van der Waals surface area contributed by atoms with Gasteiger partial charge in [-0.25, -0.2) is 4.68 Å². The van der Waals surface area contributed by atoms with Gasteiger partial charge >= 0.3 is 0 Å². The molecule has 20 heavy (non-hydrogen) atoms. The van der Waals surface area contributed by atoms with Crippen LogP contribution in [0.2, 0.25) is 0 Å². The van der Waals surface area contributed by atoms with Gasteiger partial charge in [-0.2, -0.15) is 10.4 Å². The van der Waals surface area contributed by atoms with Gasteiger partial charge in [0.25, 0.3) is 0 Å². The molecule has 3 rings (SSSR count). The molecule has 100 valence electrons. The van der Waals surface area contributed by atoms with Crippen LogP contribution in [0.15, 0.2) is 24.3 Å². The number of rotatable bonds is 2. The number of nitrogens with one attached hydrogen (secondary N) is 1. The van der Waals surface area contributed by atoms with E-state index in [0.29, 0.717) is 10.3 Å². The second kappa shape index (κ2) is 4.62.